The highest BCUT2D eigenvalue weighted by Crippen LogP contribution is 2.36. The van der Waals surface area contributed by atoms with Gasteiger partial charge in [-0.05, 0) is 35.4 Å². The summed E-state index contributed by atoms with van der Waals surface area (Å²) in [5, 5.41) is 14.7. The first-order chi connectivity index (χ1) is 11.3. The maximum Gasteiger partial charge on any atom is 0.250 e. The van der Waals surface area contributed by atoms with Crippen LogP contribution in [0.1, 0.15) is 18.9 Å². The number of benzene rings is 1. The number of aromatic nitrogens is 4. The molecule has 2 aromatic rings. The summed E-state index contributed by atoms with van der Waals surface area (Å²) in [7, 11) is 1.59. The summed E-state index contributed by atoms with van der Waals surface area (Å²) in [6, 6.07) is 7.87. The molecule has 1 aromatic carbocycles. The monoisotopic (exact) mass is 317 g/mol. The van der Waals surface area contributed by atoms with Crippen molar-refractivity contribution < 1.29 is 14.3 Å². The van der Waals surface area contributed by atoms with Crippen LogP contribution in [0.15, 0.2) is 24.3 Å². The van der Waals surface area contributed by atoms with Crippen molar-refractivity contribution in [2.75, 3.05) is 32.2 Å². The number of tetrazole rings is 1. The van der Waals surface area contributed by atoms with Gasteiger partial charge in [0.2, 0.25) is 5.91 Å². The average molecular weight is 317 g/mol. The lowest BCUT2D eigenvalue weighted by Crippen LogP contribution is -2.19. The minimum atomic E-state index is -0.208. The van der Waals surface area contributed by atoms with E-state index in [9.17, 15) is 4.79 Å². The second-order valence-corrected chi connectivity index (χ2v) is 5.35. The largest absolute Gasteiger partial charge is 0.382 e. The standard InChI is InChI=1S/C15H19N5O3/c1-22-7-8-23-10-14(21)16-12-4-2-3-11(9-12)15-17-18-19-20(15)13-5-6-13/h2-4,9,13H,5-8,10H2,1H3,(H,16,21). The molecule has 0 saturated heterocycles. The molecule has 0 aliphatic heterocycles. The number of rotatable bonds is 8. The van der Waals surface area contributed by atoms with Gasteiger partial charge in [0.25, 0.3) is 0 Å². The first-order valence-electron chi connectivity index (χ1n) is 7.53. The highest BCUT2D eigenvalue weighted by Gasteiger charge is 2.28. The second kappa shape index (κ2) is 7.30. The lowest BCUT2D eigenvalue weighted by atomic mass is 10.2. The Balaban J connectivity index is 1.63. The zero-order valence-electron chi connectivity index (χ0n) is 12.9. The quantitative estimate of drug-likeness (QED) is 0.737. The number of hydrogen-bond acceptors (Lipinski definition) is 6. The predicted molar refractivity (Wildman–Crippen MR) is 82.8 cm³/mol. The van der Waals surface area contributed by atoms with Gasteiger partial charge in [-0.1, -0.05) is 12.1 Å². The number of nitrogens with one attached hydrogen (secondary N) is 1. The van der Waals surface area contributed by atoms with Crippen LogP contribution in [0, 0.1) is 0 Å². The molecule has 0 unspecified atom stereocenters. The Labute approximate surface area is 133 Å². The molecule has 1 aliphatic rings. The summed E-state index contributed by atoms with van der Waals surface area (Å²) in [4.78, 5) is 11.8. The van der Waals surface area contributed by atoms with Crippen LogP contribution in [0.4, 0.5) is 5.69 Å². The molecule has 0 radical (unpaired) electrons. The number of carbonyl (C=O) groups is 1. The van der Waals surface area contributed by atoms with E-state index in [-0.39, 0.29) is 12.5 Å². The molecule has 1 amide bonds. The van der Waals surface area contributed by atoms with Crippen molar-refractivity contribution >= 4 is 11.6 Å². The van der Waals surface area contributed by atoms with Gasteiger partial charge in [-0.3, -0.25) is 4.79 Å². The van der Waals surface area contributed by atoms with Crippen molar-refractivity contribution in [1.82, 2.24) is 20.2 Å². The number of nitrogens with zero attached hydrogens (tertiary/aromatic N) is 4. The topological polar surface area (TPSA) is 91.2 Å². The summed E-state index contributed by atoms with van der Waals surface area (Å²) in [5.74, 6) is 0.514. The average Bonchev–Trinajstić information content (AvgIpc) is 3.28. The van der Waals surface area contributed by atoms with Gasteiger partial charge < -0.3 is 14.8 Å². The van der Waals surface area contributed by atoms with Crippen LogP contribution in [0.2, 0.25) is 0 Å². The number of methoxy groups -OCH3 is 1. The number of amides is 1. The van der Waals surface area contributed by atoms with Crippen molar-refractivity contribution in [3.63, 3.8) is 0 Å². The third-order valence-electron chi connectivity index (χ3n) is 3.46. The molecular formula is C15H19N5O3. The summed E-state index contributed by atoms with van der Waals surface area (Å²) < 4.78 is 11.9. The maximum absolute atomic E-state index is 11.8. The highest BCUT2D eigenvalue weighted by atomic mass is 16.5. The molecule has 0 spiro atoms. The zero-order valence-corrected chi connectivity index (χ0v) is 12.9. The maximum atomic E-state index is 11.8. The molecule has 1 fully saturated rings. The van der Waals surface area contributed by atoms with Crippen molar-refractivity contribution in [2.45, 2.75) is 18.9 Å². The Morgan fingerprint density at radius 1 is 1.39 bits per heavy atom. The molecular weight excluding hydrogens is 298 g/mol. The fourth-order valence-electron chi connectivity index (χ4n) is 2.19. The van der Waals surface area contributed by atoms with Crippen LogP contribution in [0.25, 0.3) is 11.4 Å². The van der Waals surface area contributed by atoms with E-state index >= 15 is 0 Å². The van der Waals surface area contributed by atoms with Gasteiger partial charge in [0.05, 0.1) is 19.3 Å². The van der Waals surface area contributed by atoms with Crippen molar-refractivity contribution in [3.05, 3.63) is 24.3 Å². The number of ether oxygens (including phenoxy) is 2. The molecule has 8 nitrogen and oxygen atoms in total. The van der Waals surface area contributed by atoms with Crippen LogP contribution >= 0.6 is 0 Å². The highest BCUT2D eigenvalue weighted by molar-refractivity contribution is 5.92. The first-order valence-corrected chi connectivity index (χ1v) is 7.53. The molecule has 122 valence electrons. The van der Waals surface area contributed by atoms with E-state index < -0.39 is 0 Å². The van der Waals surface area contributed by atoms with E-state index in [2.05, 4.69) is 20.8 Å². The molecule has 1 N–H and O–H groups in total. The first kappa shape index (κ1) is 15.6. The molecule has 0 atom stereocenters. The summed E-state index contributed by atoms with van der Waals surface area (Å²) in [6.07, 6.45) is 2.21. The normalized spacial score (nSPS) is 14.0. The van der Waals surface area contributed by atoms with Crippen LogP contribution in [-0.4, -0.2) is 53.0 Å². The fraction of sp³-hybridized carbons (Fsp3) is 0.467. The minimum absolute atomic E-state index is 0.00655. The SMILES string of the molecule is COCCOCC(=O)Nc1cccc(-c2nnnn2C2CC2)c1. The Kier molecular flexibility index (Phi) is 4.94. The van der Waals surface area contributed by atoms with E-state index in [1.807, 2.05) is 28.9 Å². The van der Waals surface area contributed by atoms with Crippen molar-refractivity contribution in [1.29, 1.82) is 0 Å². The van der Waals surface area contributed by atoms with Crippen LogP contribution in [-0.2, 0) is 14.3 Å². The smallest absolute Gasteiger partial charge is 0.250 e. The van der Waals surface area contributed by atoms with Gasteiger partial charge >= 0.3 is 0 Å². The van der Waals surface area contributed by atoms with E-state index in [4.69, 9.17) is 9.47 Å². The number of anilines is 1. The molecule has 0 bridgehead atoms. The van der Waals surface area contributed by atoms with E-state index in [0.29, 0.717) is 24.9 Å². The van der Waals surface area contributed by atoms with Gasteiger partial charge in [-0.25, -0.2) is 4.68 Å². The predicted octanol–water partition coefficient (Wildman–Crippen LogP) is 1.28. The van der Waals surface area contributed by atoms with Gasteiger partial charge in [-0.2, -0.15) is 0 Å². The van der Waals surface area contributed by atoms with Crippen LogP contribution in [0.3, 0.4) is 0 Å². The third kappa shape index (κ3) is 4.11. The molecule has 1 heterocycles. The van der Waals surface area contributed by atoms with E-state index in [1.54, 1.807) is 7.11 Å². The summed E-state index contributed by atoms with van der Waals surface area (Å²) in [5.41, 5.74) is 1.56. The molecule has 1 aromatic heterocycles. The van der Waals surface area contributed by atoms with Gasteiger partial charge in [0, 0.05) is 18.4 Å². The second-order valence-electron chi connectivity index (χ2n) is 5.35. The molecule has 8 heteroatoms. The Morgan fingerprint density at radius 2 is 2.26 bits per heavy atom. The fourth-order valence-corrected chi connectivity index (χ4v) is 2.19. The van der Waals surface area contributed by atoms with Crippen molar-refractivity contribution in [3.8, 4) is 11.4 Å². The zero-order chi connectivity index (χ0) is 16.1. The van der Waals surface area contributed by atoms with E-state index in [0.717, 1.165) is 24.2 Å². The molecule has 1 aliphatic carbocycles. The summed E-state index contributed by atoms with van der Waals surface area (Å²) in [6.45, 7) is 0.847. The molecule has 1 saturated carbocycles. The van der Waals surface area contributed by atoms with Gasteiger partial charge in [0.15, 0.2) is 5.82 Å². The third-order valence-corrected chi connectivity index (χ3v) is 3.46. The Hall–Kier alpha value is -2.32. The number of hydrogen-bond donors (Lipinski definition) is 1. The number of carbonyl (C=O) groups excluding carboxylic acids is 1. The Morgan fingerprint density at radius 3 is 3.04 bits per heavy atom. The molecule has 23 heavy (non-hydrogen) atoms. The van der Waals surface area contributed by atoms with Gasteiger partial charge in [0.1, 0.15) is 6.61 Å². The lowest BCUT2D eigenvalue weighted by Gasteiger charge is -2.08. The van der Waals surface area contributed by atoms with Crippen LogP contribution < -0.4 is 5.32 Å². The van der Waals surface area contributed by atoms with Gasteiger partial charge in [-0.15, -0.1) is 5.10 Å². The molecule has 3 rings (SSSR count). The Bertz CT molecular complexity index is 669. The lowest BCUT2D eigenvalue weighted by molar-refractivity contribution is -0.121. The van der Waals surface area contributed by atoms with Crippen LogP contribution in [0.5, 0.6) is 0 Å². The summed E-state index contributed by atoms with van der Waals surface area (Å²) >= 11 is 0. The van der Waals surface area contributed by atoms with E-state index in [1.165, 1.54) is 0 Å². The van der Waals surface area contributed by atoms with Crippen molar-refractivity contribution in [2.24, 2.45) is 0 Å². The minimum Gasteiger partial charge on any atom is -0.382 e.